The molecule has 2 aromatic carbocycles. The smallest absolute Gasteiger partial charge is 0.278 e. The highest BCUT2D eigenvalue weighted by Gasteiger charge is 2.28. The Balaban J connectivity index is 0.786. The molecule has 9 rings (SSSR count). The van der Waals surface area contributed by atoms with Crippen molar-refractivity contribution < 1.29 is 9.59 Å². The summed E-state index contributed by atoms with van der Waals surface area (Å²) in [4.78, 5) is 58.4. The third-order valence-corrected chi connectivity index (χ3v) is 13.6. The highest BCUT2D eigenvalue weighted by Crippen LogP contribution is 2.38. The van der Waals surface area contributed by atoms with Crippen LogP contribution in [0.15, 0.2) is 78.2 Å². The Hall–Kier alpha value is -6.35. The van der Waals surface area contributed by atoms with Crippen LogP contribution in [0.2, 0.25) is 0 Å². The lowest BCUT2D eigenvalue weighted by Gasteiger charge is -2.39. The first kappa shape index (κ1) is 42.0. The summed E-state index contributed by atoms with van der Waals surface area (Å²) in [6.07, 6.45) is 12.3. The number of benzene rings is 2. The molecule has 2 aliphatic carbocycles. The summed E-state index contributed by atoms with van der Waals surface area (Å²) in [5.41, 5.74) is 7.16. The van der Waals surface area contributed by atoms with Gasteiger partial charge in [-0.05, 0) is 104 Å². The number of amides is 2. The fraction of sp³-hybridized carbons (Fsp3) is 0.438. The summed E-state index contributed by atoms with van der Waals surface area (Å²) >= 11 is 0. The molecule has 1 unspecified atom stereocenters. The quantitative estimate of drug-likeness (QED) is 0.0875. The van der Waals surface area contributed by atoms with Gasteiger partial charge in [-0.1, -0.05) is 31.2 Å². The first-order chi connectivity index (χ1) is 30.7. The van der Waals surface area contributed by atoms with E-state index in [0.717, 1.165) is 86.4 Å². The van der Waals surface area contributed by atoms with Gasteiger partial charge in [-0.3, -0.25) is 28.9 Å². The molecule has 1 aliphatic heterocycles. The fourth-order valence-corrected chi connectivity index (χ4v) is 10.0. The second-order valence-electron chi connectivity index (χ2n) is 17.4. The van der Waals surface area contributed by atoms with Gasteiger partial charge in [-0.25, -0.2) is 19.3 Å². The van der Waals surface area contributed by atoms with Crippen LogP contribution in [0, 0.1) is 5.92 Å². The van der Waals surface area contributed by atoms with Crippen molar-refractivity contribution in [1.82, 2.24) is 44.3 Å². The molecular formula is C48H58N12O3. The van der Waals surface area contributed by atoms with Gasteiger partial charge in [0, 0.05) is 94.4 Å². The van der Waals surface area contributed by atoms with Gasteiger partial charge in [0.1, 0.15) is 5.39 Å². The van der Waals surface area contributed by atoms with Crippen LogP contribution in [-0.2, 0) is 29.6 Å². The van der Waals surface area contributed by atoms with Crippen molar-refractivity contribution in [2.24, 2.45) is 13.0 Å². The molecule has 0 spiro atoms. The summed E-state index contributed by atoms with van der Waals surface area (Å²) in [5, 5.41) is 12.0. The highest BCUT2D eigenvalue weighted by molar-refractivity contribution is 5.97. The number of carbonyl (C=O) groups excluding carboxylic acids is 2. The standard InChI is InChI=1S/C48H58N12O3/c1-5-22-59-47(63)40-29-50-48(53-45(40)60(59)42-20-15-36-12-11-33(6-2)44(36)52-42)51-37-16-13-35(14-17-37)34-9-7-32(8-10-34)30-56-24-26-57(27-25-56)38-18-19-39-41(28-38)55(4)54-46(39)58(31-61)23-21-43(62)49-3/h5,13-20,28-29,31-34H,1,6-12,21-27,30H2,2-4H3,(H,49,62)(H,50,51,53). The molecule has 3 aliphatic rings. The third-order valence-electron chi connectivity index (χ3n) is 13.6. The highest BCUT2D eigenvalue weighted by atomic mass is 16.2. The fourth-order valence-electron chi connectivity index (χ4n) is 10.0. The summed E-state index contributed by atoms with van der Waals surface area (Å²) in [6.45, 7) is 11.8. The Bertz CT molecular complexity index is 2690. The van der Waals surface area contributed by atoms with E-state index >= 15 is 0 Å². The molecule has 2 amide bonds. The number of anilines is 4. The van der Waals surface area contributed by atoms with Crippen LogP contribution in [-0.4, -0.2) is 97.6 Å². The Morgan fingerprint density at radius 3 is 2.49 bits per heavy atom. The molecule has 2 N–H and O–H groups in total. The maximum absolute atomic E-state index is 13.5. The van der Waals surface area contributed by atoms with Crippen molar-refractivity contribution in [3.8, 4) is 5.82 Å². The van der Waals surface area contributed by atoms with E-state index in [1.165, 1.54) is 41.7 Å². The van der Waals surface area contributed by atoms with Crippen molar-refractivity contribution in [2.75, 3.05) is 61.4 Å². The summed E-state index contributed by atoms with van der Waals surface area (Å²) in [5.74, 6) is 3.24. The monoisotopic (exact) mass is 850 g/mol. The topological polar surface area (TPSA) is 151 Å². The summed E-state index contributed by atoms with van der Waals surface area (Å²) < 4.78 is 5.28. The number of hydrogen-bond acceptors (Lipinski definition) is 10. The molecule has 6 aromatic rings. The van der Waals surface area contributed by atoms with E-state index in [1.807, 2.05) is 28.5 Å². The number of rotatable bonds is 15. The first-order valence-electron chi connectivity index (χ1n) is 22.6. The van der Waals surface area contributed by atoms with Crippen LogP contribution in [0.25, 0.3) is 27.8 Å². The number of aromatic nitrogens is 7. The van der Waals surface area contributed by atoms with Gasteiger partial charge < -0.3 is 15.5 Å². The first-order valence-corrected chi connectivity index (χ1v) is 22.6. The van der Waals surface area contributed by atoms with E-state index in [-0.39, 0.29) is 24.4 Å². The van der Waals surface area contributed by atoms with Crippen molar-refractivity contribution in [2.45, 2.75) is 76.7 Å². The number of fused-ring (bicyclic) bond motifs is 3. The van der Waals surface area contributed by atoms with Crippen LogP contribution < -0.4 is 26.0 Å². The van der Waals surface area contributed by atoms with Crippen LogP contribution in [0.5, 0.6) is 0 Å². The molecule has 15 nitrogen and oxygen atoms in total. The minimum Gasteiger partial charge on any atom is -0.369 e. The molecule has 1 saturated carbocycles. The third kappa shape index (κ3) is 8.45. The molecule has 63 heavy (non-hydrogen) atoms. The lowest BCUT2D eigenvalue weighted by Crippen LogP contribution is -2.48. The van der Waals surface area contributed by atoms with Gasteiger partial charge in [0.2, 0.25) is 18.3 Å². The number of pyridine rings is 1. The SMILES string of the molecule is C=CCn1c(=O)c2cnc(Nc3ccc(C4CCC(CN5CCN(c6ccc7c(N(C=O)CCC(=O)NC)nn(C)c7c6)CC5)CC4)cc3)nc2n1-c1ccc2c(n1)C(CC)CC2. The molecule has 2 fully saturated rings. The molecule has 328 valence electrons. The van der Waals surface area contributed by atoms with E-state index in [0.29, 0.717) is 52.9 Å². The summed E-state index contributed by atoms with van der Waals surface area (Å²) in [7, 11) is 3.49. The van der Waals surface area contributed by atoms with Gasteiger partial charge in [-0.2, -0.15) is 10.1 Å². The van der Waals surface area contributed by atoms with E-state index in [2.05, 4.69) is 86.5 Å². The van der Waals surface area contributed by atoms with E-state index in [9.17, 15) is 14.4 Å². The second-order valence-corrected chi connectivity index (χ2v) is 17.4. The predicted molar refractivity (Wildman–Crippen MR) is 248 cm³/mol. The molecule has 0 radical (unpaired) electrons. The van der Waals surface area contributed by atoms with Gasteiger partial charge in [0.25, 0.3) is 5.56 Å². The number of carbonyl (C=O) groups is 2. The van der Waals surface area contributed by atoms with Crippen molar-refractivity contribution in [1.29, 1.82) is 0 Å². The van der Waals surface area contributed by atoms with Crippen molar-refractivity contribution >= 4 is 57.4 Å². The maximum atomic E-state index is 13.5. The normalized spacial score (nSPS) is 19.0. The lowest BCUT2D eigenvalue weighted by molar-refractivity contribution is -0.120. The molecule has 4 aromatic heterocycles. The van der Waals surface area contributed by atoms with Crippen LogP contribution in [0.4, 0.5) is 23.1 Å². The lowest BCUT2D eigenvalue weighted by atomic mass is 9.78. The van der Waals surface area contributed by atoms with Crippen molar-refractivity contribution in [3.63, 3.8) is 0 Å². The van der Waals surface area contributed by atoms with Crippen LogP contribution >= 0.6 is 0 Å². The molecule has 1 atom stereocenters. The number of nitrogens with zero attached hydrogens (tertiary/aromatic N) is 10. The number of aryl methyl sites for hydroxylation is 2. The Morgan fingerprint density at radius 1 is 0.968 bits per heavy atom. The minimum atomic E-state index is -0.165. The molecular weight excluding hydrogens is 793 g/mol. The molecule has 0 bridgehead atoms. The van der Waals surface area contributed by atoms with E-state index < -0.39 is 0 Å². The molecule has 5 heterocycles. The van der Waals surface area contributed by atoms with E-state index in [1.54, 1.807) is 24.0 Å². The Morgan fingerprint density at radius 2 is 1.76 bits per heavy atom. The largest absolute Gasteiger partial charge is 0.369 e. The zero-order valence-corrected chi connectivity index (χ0v) is 36.7. The predicted octanol–water partition coefficient (Wildman–Crippen LogP) is 6.43. The number of nitrogens with one attached hydrogen (secondary N) is 2. The van der Waals surface area contributed by atoms with Crippen LogP contribution in [0.1, 0.15) is 80.5 Å². The average molecular weight is 851 g/mol. The minimum absolute atomic E-state index is 0.115. The number of hydrogen-bond donors (Lipinski definition) is 2. The maximum Gasteiger partial charge on any atom is 0.278 e. The summed E-state index contributed by atoms with van der Waals surface area (Å²) in [6, 6.07) is 19.2. The van der Waals surface area contributed by atoms with Gasteiger partial charge in [0.05, 0.1) is 12.1 Å². The zero-order chi connectivity index (χ0) is 43.6. The molecule has 1 saturated heterocycles. The second kappa shape index (κ2) is 18.2. The van der Waals surface area contributed by atoms with Gasteiger partial charge in [0.15, 0.2) is 17.3 Å². The number of allylic oxidation sites excluding steroid dienone is 1. The number of piperazine rings is 1. The molecule has 15 heteroatoms. The average Bonchev–Trinajstić information content (AvgIpc) is 3.97. The van der Waals surface area contributed by atoms with Gasteiger partial charge in [-0.15, -0.1) is 6.58 Å². The van der Waals surface area contributed by atoms with Crippen LogP contribution in [0.3, 0.4) is 0 Å². The Kier molecular flexibility index (Phi) is 12.1. The van der Waals surface area contributed by atoms with Crippen molar-refractivity contribution in [3.05, 3.63) is 101 Å². The zero-order valence-electron chi connectivity index (χ0n) is 36.7. The van der Waals surface area contributed by atoms with E-state index in [4.69, 9.17) is 9.97 Å². The Labute approximate surface area is 367 Å². The van der Waals surface area contributed by atoms with Gasteiger partial charge >= 0.3 is 0 Å².